The first-order valence-electron chi connectivity index (χ1n) is 12.6. The largest absolute Gasteiger partial charge is 0.497 e. The van der Waals surface area contributed by atoms with Crippen molar-refractivity contribution in [2.24, 2.45) is 0 Å². The van der Waals surface area contributed by atoms with E-state index in [0.29, 0.717) is 42.6 Å². The zero-order valence-electron chi connectivity index (χ0n) is 21.8. The summed E-state index contributed by atoms with van der Waals surface area (Å²) in [6, 6.07) is 8.59. The molecule has 41 heavy (non-hydrogen) atoms. The Morgan fingerprint density at radius 3 is 2.59 bits per heavy atom. The maximum atomic E-state index is 14.3. The van der Waals surface area contributed by atoms with Crippen LogP contribution in [0.5, 0.6) is 5.75 Å². The predicted molar refractivity (Wildman–Crippen MR) is 142 cm³/mol. The number of pyridine rings is 1. The number of sulfonamides is 1. The number of carbonyl (C=O) groups is 1. The third kappa shape index (κ3) is 5.79. The monoisotopic (exact) mass is 594 g/mol. The highest BCUT2D eigenvalue weighted by atomic mass is 32.2. The van der Waals surface area contributed by atoms with E-state index in [1.807, 2.05) is 9.80 Å². The molecule has 14 heteroatoms. The number of carboxylic acid groups (broad SMARTS) is 1. The Hall–Kier alpha value is -3.91. The van der Waals surface area contributed by atoms with Crippen molar-refractivity contribution in [1.82, 2.24) is 9.88 Å². The van der Waals surface area contributed by atoms with Gasteiger partial charge in [-0.1, -0.05) is 6.07 Å². The van der Waals surface area contributed by atoms with Gasteiger partial charge in [-0.2, -0.15) is 13.2 Å². The molecule has 1 saturated heterocycles. The number of halogens is 4. The van der Waals surface area contributed by atoms with Crippen LogP contribution in [-0.2, 0) is 21.0 Å². The normalized spacial score (nSPS) is 17.6. The van der Waals surface area contributed by atoms with Crippen molar-refractivity contribution in [3.63, 3.8) is 0 Å². The van der Waals surface area contributed by atoms with Gasteiger partial charge in [-0.3, -0.25) is 14.0 Å². The number of rotatable bonds is 7. The van der Waals surface area contributed by atoms with Gasteiger partial charge in [-0.05, 0) is 42.0 Å². The molecule has 0 unspecified atom stereocenters. The zero-order valence-corrected chi connectivity index (χ0v) is 22.6. The summed E-state index contributed by atoms with van der Waals surface area (Å²) in [4.78, 5) is 18.9. The number of fused-ring (bicyclic) bond motifs is 3. The van der Waals surface area contributed by atoms with Crippen molar-refractivity contribution in [2.45, 2.75) is 23.5 Å². The summed E-state index contributed by atoms with van der Waals surface area (Å²) in [5, 5.41) is 9.09. The summed E-state index contributed by atoms with van der Waals surface area (Å²) < 4.78 is 88.7. The Labute approximate surface area is 233 Å². The zero-order chi connectivity index (χ0) is 29.5. The molecule has 5 rings (SSSR count). The third-order valence-electron chi connectivity index (χ3n) is 7.16. The van der Waals surface area contributed by atoms with E-state index in [4.69, 9.17) is 9.84 Å². The fourth-order valence-electron chi connectivity index (χ4n) is 5.14. The van der Waals surface area contributed by atoms with Crippen LogP contribution < -0.4 is 13.9 Å². The molecule has 218 valence electrons. The van der Waals surface area contributed by atoms with Crippen LogP contribution >= 0.6 is 0 Å². The average molecular weight is 595 g/mol. The molecule has 0 saturated carbocycles. The molecule has 1 aromatic heterocycles. The van der Waals surface area contributed by atoms with Gasteiger partial charge >= 0.3 is 12.1 Å². The highest BCUT2D eigenvalue weighted by Crippen LogP contribution is 2.41. The Morgan fingerprint density at radius 2 is 1.88 bits per heavy atom. The van der Waals surface area contributed by atoms with Gasteiger partial charge in [0, 0.05) is 44.0 Å². The third-order valence-corrected chi connectivity index (χ3v) is 8.94. The molecule has 0 bridgehead atoms. The van der Waals surface area contributed by atoms with Gasteiger partial charge in [-0.15, -0.1) is 0 Å². The standard InChI is InChI=1S/C27H26F4N4O5S/c1-40-22-10-17(9-20(28)13-22)18-11-24-26(32-14-18)34-8-7-33(6-5-25(36)37)15-21(34)16-35(24)41(38,39)23-4-2-3-19(12-23)27(29,30)31/h2-4,9-14,21H,5-8,15-16H2,1H3,(H,36,37)/t21-/m0/s1. The smallest absolute Gasteiger partial charge is 0.416 e. The van der Waals surface area contributed by atoms with Gasteiger partial charge < -0.3 is 14.7 Å². The van der Waals surface area contributed by atoms with Crippen molar-refractivity contribution in [1.29, 1.82) is 0 Å². The Balaban J connectivity index is 1.60. The number of carboxylic acids is 1. The molecule has 0 amide bonds. The van der Waals surface area contributed by atoms with Gasteiger partial charge in [0.25, 0.3) is 10.0 Å². The van der Waals surface area contributed by atoms with E-state index in [0.717, 1.165) is 22.5 Å². The van der Waals surface area contributed by atoms with E-state index in [2.05, 4.69) is 4.98 Å². The lowest BCUT2D eigenvalue weighted by molar-refractivity contribution is -0.138. The van der Waals surface area contributed by atoms with Crippen molar-refractivity contribution in [3.05, 3.63) is 66.1 Å². The molecule has 1 fully saturated rings. The van der Waals surface area contributed by atoms with Crippen LogP contribution in [0, 0.1) is 5.82 Å². The van der Waals surface area contributed by atoms with Crippen molar-refractivity contribution in [3.8, 4) is 16.9 Å². The lowest BCUT2D eigenvalue weighted by atomic mass is 10.0. The molecule has 2 aliphatic heterocycles. The summed E-state index contributed by atoms with van der Waals surface area (Å²) in [5.41, 5.74) is -0.217. The number of nitrogens with zero attached hydrogens (tertiary/aromatic N) is 4. The second-order valence-corrected chi connectivity index (χ2v) is 11.7. The van der Waals surface area contributed by atoms with E-state index in [9.17, 15) is 30.8 Å². The van der Waals surface area contributed by atoms with Crippen LogP contribution in [0.2, 0.25) is 0 Å². The van der Waals surface area contributed by atoms with E-state index in [1.54, 1.807) is 6.07 Å². The van der Waals surface area contributed by atoms with E-state index < -0.39 is 44.5 Å². The number of hydrogen-bond donors (Lipinski definition) is 1. The first-order valence-corrected chi connectivity index (χ1v) is 14.1. The Bertz CT molecular complexity index is 1580. The number of alkyl halides is 3. The predicted octanol–water partition coefficient (Wildman–Crippen LogP) is 4.09. The molecule has 1 N–H and O–H groups in total. The number of piperazine rings is 1. The number of anilines is 2. The highest BCUT2D eigenvalue weighted by Gasteiger charge is 2.41. The Morgan fingerprint density at radius 1 is 1.10 bits per heavy atom. The van der Waals surface area contributed by atoms with Gasteiger partial charge in [0.05, 0.1) is 42.3 Å². The summed E-state index contributed by atoms with van der Waals surface area (Å²) in [6.45, 7) is 1.41. The maximum absolute atomic E-state index is 14.3. The first-order chi connectivity index (χ1) is 19.4. The molecule has 0 aliphatic carbocycles. The highest BCUT2D eigenvalue weighted by molar-refractivity contribution is 7.92. The van der Waals surface area contributed by atoms with Gasteiger partial charge in [-0.25, -0.2) is 17.8 Å². The number of ether oxygens (including phenoxy) is 1. The molecule has 0 radical (unpaired) electrons. The Kier molecular flexibility index (Phi) is 7.55. The molecular weight excluding hydrogens is 568 g/mol. The van der Waals surface area contributed by atoms with Gasteiger partial charge in [0.1, 0.15) is 11.6 Å². The van der Waals surface area contributed by atoms with Crippen LogP contribution in [0.15, 0.2) is 59.6 Å². The second-order valence-electron chi connectivity index (χ2n) is 9.80. The quantitative estimate of drug-likeness (QED) is 0.408. The maximum Gasteiger partial charge on any atom is 0.416 e. The van der Waals surface area contributed by atoms with E-state index >= 15 is 0 Å². The first kappa shape index (κ1) is 28.6. The summed E-state index contributed by atoms with van der Waals surface area (Å²) in [6.07, 6.45) is -3.36. The second kappa shape index (κ2) is 10.8. The molecule has 1 atom stereocenters. The molecule has 3 heterocycles. The van der Waals surface area contributed by atoms with Gasteiger partial charge in [0.15, 0.2) is 5.82 Å². The summed E-state index contributed by atoms with van der Waals surface area (Å²) in [5.74, 6) is -0.994. The molecule has 3 aromatic rings. The molecule has 2 aromatic carbocycles. The van der Waals surface area contributed by atoms with Crippen molar-refractivity contribution < 1.29 is 40.6 Å². The van der Waals surface area contributed by atoms with Crippen LogP contribution in [0.25, 0.3) is 11.1 Å². The van der Waals surface area contributed by atoms with Crippen LogP contribution in [-0.4, -0.2) is 75.3 Å². The molecular formula is C27H26F4N4O5S. The van der Waals surface area contributed by atoms with Gasteiger partial charge in [0.2, 0.25) is 0 Å². The topological polar surface area (TPSA) is 103 Å². The lowest BCUT2D eigenvalue weighted by Gasteiger charge is -2.48. The van der Waals surface area contributed by atoms with Crippen molar-refractivity contribution >= 4 is 27.5 Å². The summed E-state index contributed by atoms with van der Waals surface area (Å²) >= 11 is 0. The minimum absolute atomic E-state index is 0.0890. The number of aromatic nitrogens is 1. The minimum Gasteiger partial charge on any atom is -0.497 e. The van der Waals surface area contributed by atoms with Crippen molar-refractivity contribution in [2.75, 3.05) is 49.0 Å². The summed E-state index contributed by atoms with van der Waals surface area (Å²) in [7, 11) is -3.14. The van der Waals surface area contributed by atoms with E-state index in [-0.39, 0.29) is 30.9 Å². The lowest BCUT2D eigenvalue weighted by Crippen LogP contribution is -2.61. The molecule has 0 spiro atoms. The van der Waals surface area contributed by atoms with Crippen LogP contribution in [0.1, 0.15) is 12.0 Å². The number of benzene rings is 2. The van der Waals surface area contributed by atoms with Crippen LogP contribution in [0.4, 0.5) is 29.1 Å². The SMILES string of the molecule is COc1cc(F)cc(-c2cnc3c(c2)N(S(=O)(=O)c2cccc(C(F)(F)F)c2)C[C@@H]2CN(CCC(=O)O)CCN32)c1. The van der Waals surface area contributed by atoms with Crippen LogP contribution in [0.3, 0.4) is 0 Å². The fraction of sp³-hybridized carbons (Fsp3) is 0.333. The number of aliphatic carboxylic acids is 1. The molecule has 9 nitrogen and oxygen atoms in total. The molecule has 2 aliphatic rings. The fourth-order valence-corrected chi connectivity index (χ4v) is 6.69. The number of methoxy groups -OCH3 is 1. The minimum atomic E-state index is -4.75. The average Bonchev–Trinajstić information content (AvgIpc) is 2.94. The number of hydrogen-bond acceptors (Lipinski definition) is 7. The van der Waals surface area contributed by atoms with E-state index in [1.165, 1.54) is 31.5 Å².